The third-order valence-electron chi connectivity index (χ3n) is 5.21. The zero-order valence-electron chi connectivity index (χ0n) is 16.8. The van der Waals surface area contributed by atoms with Gasteiger partial charge in [-0.05, 0) is 31.3 Å². The first-order valence-electron chi connectivity index (χ1n) is 9.59. The molecule has 0 saturated carbocycles. The van der Waals surface area contributed by atoms with E-state index in [-0.39, 0.29) is 9.92 Å². The summed E-state index contributed by atoms with van der Waals surface area (Å²) in [6, 6.07) is 14.9. The Morgan fingerprint density at radius 2 is 1.70 bits per heavy atom. The van der Waals surface area contributed by atoms with E-state index in [0.29, 0.717) is 26.2 Å². The van der Waals surface area contributed by atoms with Gasteiger partial charge in [-0.15, -0.1) is 11.3 Å². The Morgan fingerprint density at radius 3 is 2.40 bits per heavy atom. The van der Waals surface area contributed by atoms with Crippen LogP contribution in [0.15, 0.2) is 63.8 Å². The van der Waals surface area contributed by atoms with Crippen molar-refractivity contribution in [2.45, 2.75) is 4.90 Å². The fourth-order valence-electron chi connectivity index (χ4n) is 3.37. The van der Waals surface area contributed by atoms with Gasteiger partial charge in [0.05, 0.1) is 16.4 Å². The van der Waals surface area contributed by atoms with E-state index in [2.05, 4.69) is 9.89 Å². The zero-order chi connectivity index (χ0) is 21.3. The highest BCUT2D eigenvalue weighted by Crippen LogP contribution is 2.31. The average molecular weight is 463 g/mol. The van der Waals surface area contributed by atoms with Gasteiger partial charge in [0.25, 0.3) is 0 Å². The molecule has 1 aliphatic rings. The summed E-state index contributed by atoms with van der Waals surface area (Å²) in [4.78, 5) is 7.78. The summed E-state index contributed by atoms with van der Waals surface area (Å²) in [6.45, 7) is 2.35. The number of hydrogen-bond acceptors (Lipinski definition) is 5. The zero-order valence-corrected chi connectivity index (χ0v) is 19.2. The van der Waals surface area contributed by atoms with Crippen molar-refractivity contribution in [1.82, 2.24) is 13.8 Å². The minimum Gasteiger partial charge on any atom is -0.320 e. The number of aromatic nitrogens is 1. The van der Waals surface area contributed by atoms with Crippen molar-refractivity contribution < 1.29 is 8.42 Å². The molecule has 6 nitrogen and oxygen atoms in total. The monoisotopic (exact) mass is 462 g/mol. The van der Waals surface area contributed by atoms with Crippen molar-refractivity contribution in [1.29, 1.82) is 0 Å². The van der Waals surface area contributed by atoms with Crippen LogP contribution in [0.5, 0.6) is 0 Å². The van der Waals surface area contributed by atoms with Crippen molar-refractivity contribution in [3.8, 4) is 11.3 Å². The molecule has 0 radical (unpaired) electrons. The maximum atomic E-state index is 13.2. The topological polar surface area (TPSA) is 57.9 Å². The van der Waals surface area contributed by atoms with E-state index in [1.54, 1.807) is 12.1 Å². The van der Waals surface area contributed by atoms with Crippen molar-refractivity contribution in [3.05, 3.63) is 63.7 Å². The molecule has 3 aromatic rings. The Labute approximate surface area is 185 Å². The van der Waals surface area contributed by atoms with Gasteiger partial charge in [0.1, 0.15) is 4.90 Å². The number of piperazine rings is 1. The molecule has 0 spiro atoms. The second kappa shape index (κ2) is 8.64. The Balaban J connectivity index is 1.72. The number of thiazole rings is 1. The molecule has 0 N–H and O–H groups in total. The lowest BCUT2D eigenvalue weighted by Crippen LogP contribution is -2.47. The Bertz CT molecular complexity index is 1210. The van der Waals surface area contributed by atoms with Crippen LogP contribution in [0.3, 0.4) is 0 Å². The molecule has 0 aliphatic carbocycles. The van der Waals surface area contributed by atoms with Crippen LogP contribution in [-0.4, -0.2) is 55.4 Å². The third kappa shape index (κ3) is 4.24. The number of para-hydroxylation sites is 1. The lowest BCUT2D eigenvalue weighted by molar-refractivity contribution is 0.222. The Hall–Kier alpha value is -1.97. The van der Waals surface area contributed by atoms with E-state index in [1.807, 2.05) is 60.4 Å². The molecule has 4 rings (SSSR count). The van der Waals surface area contributed by atoms with Crippen LogP contribution in [0, 0.1) is 0 Å². The number of nitrogens with zero attached hydrogens (tertiary/aromatic N) is 4. The fraction of sp³-hybridized carbons (Fsp3) is 0.286. The molecule has 0 unspecified atom stereocenters. The van der Waals surface area contributed by atoms with Gasteiger partial charge in [-0.1, -0.05) is 35.9 Å². The van der Waals surface area contributed by atoms with Crippen LogP contribution < -0.4 is 4.80 Å². The lowest BCUT2D eigenvalue weighted by atomic mass is 10.2. The number of halogens is 1. The summed E-state index contributed by atoms with van der Waals surface area (Å²) in [5.74, 6) is 0. The van der Waals surface area contributed by atoms with Crippen LogP contribution >= 0.6 is 22.9 Å². The normalized spacial score (nSPS) is 16.8. The number of sulfonamides is 1. The second-order valence-corrected chi connectivity index (χ2v) is 10.4. The molecule has 0 bridgehead atoms. The van der Waals surface area contributed by atoms with E-state index < -0.39 is 10.0 Å². The van der Waals surface area contributed by atoms with E-state index >= 15 is 0 Å². The molecule has 0 amide bonds. The highest BCUT2D eigenvalue weighted by Gasteiger charge is 2.29. The minimum absolute atomic E-state index is 0.152. The van der Waals surface area contributed by atoms with Crippen LogP contribution in [0.25, 0.3) is 11.3 Å². The predicted octanol–water partition coefficient (Wildman–Crippen LogP) is 3.58. The Morgan fingerprint density at radius 1 is 1.00 bits per heavy atom. The van der Waals surface area contributed by atoms with Gasteiger partial charge >= 0.3 is 0 Å². The summed E-state index contributed by atoms with van der Waals surface area (Å²) in [5.41, 5.74) is 2.55. The van der Waals surface area contributed by atoms with Crippen LogP contribution in [0.2, 0.25) is 5.02 Å². The first-order valence-corrected chi connectivity index (χ1v) is 12.3. The molecule has 1 saturated heterocycles. The Kier molecular flexibility index (Phi) is 6.13. The van der Waals surface area contributed by atoms with E-state index in [9.17, 15) is 8.42 Å². The molecule has 30 heavy (non-hydrogen) atoms. The molecule has 2 heterocycles. The van der Waals surface area contributed by atoms with Crippen molar-refractivity contribution in [2.24, 2.45) is 12.0 Å². The molecular formula is C21H23ClN4O2S2. The van der Waals surface area contributed by atoms with Crippen LogP contribution in [-0.2, 0) is 17.1 Å². The predicted molar refractivity (Wildman–Crippen MR) is 122 cm³/mol. The van der Waals surface area contributed by atoms with E-state index in [4.69, 9.17) is 11.6 Å². The standard InChI is InChI=1S/C21H23ClN4O2S2/c1-24-10-12-26(13-11-24)30(27,28)20-14-16(8-9-18(20)22)19-15-29-21(25(19)2)23-17-6-4-3-5-7-17/h3-9,14-15H,10-13H2,1-2H3. The van der Waals surface area contributed by atoms with Crippen molar-refractivity contribution in [3.63, 3.8) is 0 Å². The van der Waals surface area contributed by atoms with Crippen LogP contribution in [0.4, 0.5) is 5.69 Å². The summed E-state index contributed by atoms with van der Waals surface area (Å²) in [6.07, 6.45) is 0. The maximum absolute atomic E-state index is 13.2. The van der Waals surface area contributed by atoms with Gasteiger partial charge in [0.15, 0.2) is 4.80 Å². The molecule has 0 atom stereocenters. The summed E-state index contributed by atoms with van der Waals surface area (Å²) in [5, 5.41) is 2.22. The van der Waals surface area contributed by atoms with Gasteiger partial charge in [-0.25, -0.2) is 13.4 Å². The molecular weight excluding hydrogens is 440 g/mol. The fourth-order valence-corrected chi connectivity index (χ4v) is 6.22. The summed E-state index contributed by atoms with van der Waals surface area (Å²) in [7, 11) is 0.264. The molecule has 9 heteroatoms. The van der Waals surface area contributed by atoms with E-state index in [1.165, 1.54) is 15.6 Å². The molecule has 1 aliphatic heterocycles. The molecule has 1 fully saturated rings. The van der Waals surface area contributed by atoms with Crippen LogP contribution in [0.1, 0.15) is 0 Å². The smallest absolute Gasteiger partial charge is 0.244 e. The van der Waals surface area contributed by atoms with Gasteiger partial charge in [-0.3, -0.25) is 0 Å². The van der Waals surface area contributed by atoms with Crippen molar-refractivity contribution in [2.75, 3.05) is 33.2 Å². The number of benzene rings is 2. The largest absolute Gasteiger partial charge is 0.320 e. The van der Waals surface area contributed by atoms with Gasteiger partial charge in [0, 0.05) is 44.2 Å². The highest BCUT2D eigenvalue weighted by molar-refractivity contribution is 7.89. The first-order chi connectivity index (χ1) is 14.4. The quantitative estimate of drug-likeness (QED) is 0.595. The SMILES string of the molecule is CN1CCN(S(=O)(=O)c2cc(-c3csc(=Nc4ccccc4)n3C)ccc2Cl)CC1. The third-order valence-corrected chi connectivity index (χ3v) is 8.51. The summed E-state index contributed by atoms with van der Waals surface area (Å²) >= 11 is 7.84. The molecule has 158 valence electrons. The van der Waals surface area contributed by atoms with Gasteiger partial charge in [-0.2, -0.15) is 4.31 Å². The minimum atomic E-state index is -3.66. The first kappa shape index (κ1) is 21.3. The van der Waals surface area contributed by atoms with Gasteiger partial charge in [0.2, 0.25) is 10.0 Å². The number of rotatable bonds is 4. The summed E-state index contributed by atoms with van der Waals surface area (Å²) < 4.78 is 29.9. The average Bonchev–Trinajstić information content (AvgIpc) is 3.09. The second-order valence-electron chi connectivity index (χ2n) is 7.26. The molecule has 1 aromatic heterocycles. The highest BCUT2D eigenvalue weighted by atomic mass is 35.5. The van der Waals surface area contributed by atoms with Gasteiger partial charge < -0.3 is 9.47 Å². The number of hydrogen-bond donors (Lipinski definition) is 0. The van der Waals surface area contributed by atoms with E-state index in [0.717, 1.165) is 21.7 Å². The maximum Gasteiger partial charge on any atom is 0.244 e. The number of likely N-dealkylation sites (N-methyl/N-ethyl adjacent to an activating group) is 1. The lowest BCUT2D eigenvalue weighted by Gasteiger charge is -2.31. The molecule has 2 aromatic carbocycles. The van der Waals surface area contributed by atoms with Crippen molar-refractivity contribution >= 4 is 38.6 Å².